The fraction of sp³-hybridized carbons (Fsp3) is 0.900. The Morgan fingerprint density at radius 1 is 1.43 bits per heavy atom. The van der Waals surface area contributed by atoms with E-state index < -0.39 is 11.4 Å². The van der Waals surface area contributed by atoms with Gasteiger partial charge in [-0.2, -0.15) is 11.8 Å². The minimum atomic E-state index is -0.845. The van der Waals surface area contributed by atoms with Crippen molar-refractivity contribution in [3.05, 3.63) is 0 Å². The summed E-state index contributed by atoms with van der Waals surface area (Å²) in [6, 6.07) is 0. The molecule has 0 aromatic heterocycles. The quantitative estimate of drug-likeness (QED) is 0.743. The van der Waals surface area contributed by atoms with E-state index in [4.69, 9.17) is 11.5 Å². The zero-order chi connectivity index (χ0) is 10.6. The molecule has 1 aliphatic carbocycles. The van der Waals surface area contributed by atoms with E-state index in [1.165, 1.54) is 32.1 Å². The van der Waals surface area contributed by atoms with Gasteiger partial charge in [0.15, 0.2) is 0 Å². The monoisotopic (exact) mass is 216 g/mol. The van der Waals surface area contributed by atoms with Gasteiger partial charge in [-0.05, 0) is 19.8 Å². The first-order valence-corrected chi connectivity index (χ1v) is 6.27. The summed E-state index contributed by atoms with van der Waals surface area (Å²) < 4.78 is 0. The lowest BCUT2D eigenvalue weighted by Gasteiger charge is -2.26. The van der Waals surface area contributed by atoms with Gasteiger partial charge in [-0.15, -0.1) is 0 Å². The molecule has 0 radical (unpaired) electrons. The van der Waals surface area contributed by atoms with Crippen LogP contribution in [0, 0.1) is 0 Å². The Bertz CT molecular complexity index is 200. The predicted octanol–water partition coefficient (Wildman–Crippen LogP) is 1.25. The molecule has 1 aliphatic rings. The molecule has 14 heavy (non-hydrogen) atoms. The Hall–Kier alpha value is -0.220. The normalized spacial score (nSPS) is 23.0. The summed E-state index contributed by atoms with van der Waals surface area (Å²) in [6.45, 7) is 1.71. The van der Waals surface area contributed by atoms with Crippen LogP contribution in [0.4, 0.5) is 0 Å². The number of amides is 1. The lowest BCUT2D eigenvalue weighted by atomic mass is 10.0. The molecule has 0 saturated heterocycles. The molecular weight excluding hydrogens is 196 g/mol. The second-order valence-corrected chi connectivity index (χ2v) is 5.64. The second kappa shape index (κ2) is 5.03. The van der Waals surface area contributed by atoms with Crippen molar-refractivity contribution >= 4 is 17.7 Å². The highest BCUT2D eigenvalue weighted by Gasteiger charge is 2.27. The van der Waals surface area contributed by atoms with Gasteiger partial charge in [0, 0.05) is 11.0 Å². The number of hydrogen-bond acceptors (Lipinski definition) is 3. The van der Waals surface area contributed by atoms with Gasteiger partial charge in [-0.1, -0.05) is 19.3 Å². The fourth-order valence-electron chi connectivity index (χ4n) is 1.59. The first-order valence-electron chi connectivity index (χ1n) is 5.23. The number of rotatable bonds is 4. The lowest BCUT2D eigenvalue weighted by molar-refractivity contribution is -0.121. The Balaban J connectivity index is 2.28. The summed E-state index contributed by atoms with van der Waals surface area (Å²) in [4.78, 5) is 11.0. The van der Waals surface area contributed by atoms with Gasteiger partial charge >= 0.3 is 0 Å². The third-order valence-electron chi connectivity index (χ3n) is 2.73. The molecule has 1 amide bonds. The Morgan fingerprint density at radius 3 is 2.50 bits per heavy atom. The van der Waals surface area contributed by atoms with Gasteiger partial charge in [0.2, 0.25) is 5.91 Å². The van der Waals surface area contributed by atoms with Crippen LogP contribution in [0.25, 0.3) is 0 Å². The summed E-state index contributed by atoms with van der Waals surface area (Å²) in [6.07, 6.45) is 6.51. The van der Waals surface area contributed by atoms with Gasteiger partial charge < -0.3 is 11.5 Å². The molecule has 1 saturated carbocycles. The van der Waals surface area contributed by atoms with Crippen LogP contribution in [0.15, 0.2) is 0 Å². The summed E-state index contributed by atoms with van der Waals surface area (Å²) in [5.74, 6) is 0.244. The first kappa shape index (κ1) is 11.9. The standard InChI is InChI=1S/C10H20N2OS/c1-10(12,9(11)13)7-14-8-5-3-2-4-6-8/h8H,2-7,12H2,1H3,(H2,11,13). The maximum atomic E-state index is 11.0. The molecule has 0 spiro atoms. The summed E-state index contributed by atoms with van der Waals surface area (Å²) in [5, 5.41) is 0.686. The number of nitrogens with two attached hydrogens (primary N) is 2. The van der Waals surface area contributed by atoms with E-state index in [1.54, 1.807) is 18.7 Å². The van der Waals surface area contributed by atoms with E-state index in [0.717, 1.165) is 0 Å². The van der Waals surface area contributed by atoms with E-state index in [9.17, 15) is 4.79 Å². The van der Waals surface area contributed by atoms with E-state index in [0.29, 0.717) is 11.0 Å². The molecule has 0 aromatic carbocycles. The third kappa shape index (κ3) is 3.50. The van der Waals surface area contributed by atoms with Crippen LogP contribution in [0.1, 0.15) is 39.0 Å². The molecule has 0 bridgehead atoms. The van der Waals surface area contributed by atoms with Crippen molar-refractivity contribution in [3.63, 3.8) is 0 Å². The Labute approximate surface area is 90.0 Å². The van der Waals surface area contributed by atoms with Crippen LogP contribution in [-0.2, 0) is 4.79 Å². The summed E-state index contributed by atoms with van der Waals surface area (Å²) in [5.41, 5.74) is 10.1. The molecule has 1 rings (SSSR count). The van der Waals surface area contributed by atoms with Gasteiger partial charge in [0.1, 0.15) is 5.54 Å². The minimum Gasteiger partial charge on any atom is -0.368 e. The molecule has 3 nitrogen and oxygen atoms in total. The highest BCUT2D eigenvalue weighted by atomic mass is 32.2. The molecule has 82 valence electrons. The third-order valence-corrected chi connectivity index (χ3v) is 4.44. The van der Waals surface area contributed by atoms with Gasteiger partial charge in [-0.25, -0.2) is 0 Å². The summed E-state index contributed by atoms with van der Waals surface area (Å²) in [7, 11) is 0. The average molecular weight is 216 g/mol. The maximum Gasteiger partial charge on any atom is 0.238 e. The van der Waals surface area contributed by atoms with E-state index >= 15 is 0 Å². The molecule has 4 heteroatoms. The molecule has 0 aromatic rings. The van der Waals surface area contributed by atoms with E-state index in [-0.39, 0.29) is 0 Å². The number of thioether (sulfide) groups is 1. The molecule has 0 aliphatic heterocycles. The summed E-state index contributed by atoms with van der Waals surface area (Å²) >= 11 is 1.81. The SMILES string of the molecule is CC(N)(CSC1CCCCC1)C(N)=O. The molecule has 1 fully saturated rings. The zero-order valence-electron chi connectivity index (χ0n) is 8.79. The fourth-order valence-corrected chi connectivity index (χ4v) is 2.98. The largest absolute Gasteiger partial charge is 0.368 e. The molecule has 4 N–H and O–H groups in total. The average Bonchev–Trinajstić information content (AvgIpc) is 2.16. The molecule has 0 heterocycles. The predicted molar refractivity (Wildman–Crippen MR) is 61.1 cm³/mol. The number of primary amides is 1. The van der Waals surface area contributed by atoms with Gasteiger partial charge in [-0.3, -0.25) is 4.79 Å². The molecule has 1 unspecified atom stereocenters. The Kier molecular flexibility index (Phi) is 4.26. The maximum absolute atomic E-state index is 11.0. The van der Waals surface area contributed by atoms with Gasteiger partial charge in [0.25, 0.3) is 0 Å². The van der Waals surface area contributed by atoms with E-state index in [2.05, 4.69) is 0 Å². The van der Waals surface area contributed by atoms with Crippen LogP contribution in [-0.4, -0.2) is 22.4 Å². The molecule has 1 atom stereocenters. The van der Waals surface area contributed by atoms with Crippen molar-refractivity contribution in [2.45, 2.75) is 49.8 Å². The smallest absolute Gasteiger partial charge is 0.238 e. The van der Waals surface area contributed by atoms with Crippen molar-refractivity contribution in [2.24, 2.45) is 11.5 Å². The van der Waals surface area contributed by atoms with Crippen LogP contribution >= 0.6 is 11.8 Å². The van der Waals surface area contributed by atoms with E-state index in [1.807, 2.05) is 0 Å². The van der Waals surface area contributed by atoms with Crippen molar-refractivity contribution < 1.29 is 4.79 Å². The lowest BCUT2D eigenvalue weighted by Crippen LogP contribution is -2.51. The number of carbonyl (C=O) groups is 1. The first-order chi connectivity index (χ1) is 6.52. The molecular formula is C10H20N2OS. The zero-order valence-corrected chi connectivity index (χ0v) is 9.61. The van der Waals surface area contributed by atoms with Crippen LogP contribution in [0.2, 0.25) is 0 Å². The van der Waals surface area contributed by atoms with Gasteiger partial charge in [0.05, 0.1) is 0 Å². The van der Waals surface area contributed by atoms with Crippen molar-refractivity contribution in [1.82, 2.24) is 0 Å². The van der Waals surface area contributed by atoms with Crippen molar-refractivity contribution in [2.75, 3.05) is 5.75 Å². The van der Waals surface area contributed by atoms with Crippen molar-refractivity contribution in [3.8, 4) is 0 Å². The topological polar surface area (TPSA) is 69.1 Å². The number of carbonyl (C=O) groups excluding carboxylic acids is 1. The minimum absolute atomic E-state index is 0.402. The van der Waals surface area contributed by atoms with Crippen LogP contribution < -0.4 is 11.5 Å². The van der Waals surface area contributed by atoms with Crippen molar-refractivity contribution in [1.29, 1.82) is 0 Å². The van der Waals surface area contributed by atoms with Crippen LogP contribution in [0.5, 0.6) is 0 Å². The Morgan fingerprint density at radius 2 is 2.00 bits per heavy atom. The number of hydrogen-bond donors (Lipinski definition) is 2. The highest BCUT2D eigenvalue weighted by molar-refractivity contribution is 8.00. The highest BCUT2D eigenvalue weighted by Crippen LogP contribution is 2.29. The van der Waals surface area contributed by atoms with Crippen LogP contribution in [0.3, 0.4) is 0 Å². The second-order valence-electron chi connectivity index (χ2n) is 4.35.